The molecule has 0 fully saturated rings. The van der Waals surface area contributed by atoms with Gasteiger partial charge < -0.3 is 4.42 Å². The fraction of sp³-hybridized carbons (Fsp3) is 0.333. The zero-order valence-corrected chi connectivity index (χ0v) is 10.5. The Bertz CT molecular complexity index is 639. The molecule has 18 heavy (non-hydrogen) atoms. The van der Waals surface area contributed by atoms with Crippen molar-refractivity contribution in [1.82, 2.24) is 15.8 Å². The van der Waals surface area contributed by atoms with Crippen molar-refractivity contribution in [3.63, 3.8) is 0 Å². The molecule has 0 atom stereocenters. The number of amides is 1. The van der Waals surface area contributed by atoms with Crippen molar-refractivity contribution >= 4 is 17.0 Å². The molecule has 96 valence electrons. The van der Waals surface area contributed by atoms with Crippen LogP contribution in [0, 0.1) is 0 Å². The van der Waals surface area contributed by atoms with Crippen LogP contribution in [0.1, 0.15) is 19.4 Å². The highest BCUT2D eigenvalue weighted by molar-refractivity contribution is 5.88. The third kappa shape index (κ3) is 2.02. The van der Waals surface area contributed by atoms with Crippen LogP contribution in [-0.4, -0.2) is 17.9 Å². The van der Waals surface area contributed by atoms with E-state index in [9.17, 15) is 9.59 Å². The van der Waals surface area contributed by atoms with Crippen LogP contribution in [-0.2, 0) is 10.2 Å². The molecule has 0 aliphatic rings. The first-order valence-electron chi connectivity index (χ1n) is 5.55. The molecule has 0 saturated carbocycles. The van der Waals surface area contributed by atoms with Gasteiger partial charge in [-0.15, -0.1) is 0 Å². The van der Waals surface area contributed by atoms with Gasteiger partial charge in [0.05, 0.1) is 10.9 Å². The summed E-state index contributed by atoms with van der Waals surface area (Å²) >= 11 is 0. The number of aromatic nitrogens is 1. The molecule has 1 aromatic carbocycles. The highest BCUT2D eigenvalue weighted by atomic mass is 16.4. The molecule has 0 aliphatic heterocycles. The maximum Gasteiger partial charge on any atom is 0.417 e. The second kappa shape index (κ2) is 4.30. The lowest BCUT2D eigenvalue weighted by Crippen LogP contribution is -2.45. The minimum Gasteiger partial charge on any atom is -0.408 e. The monoisotopic (exact) mass is 249 g/mol. The zero-order chi connectivity index (χ0) is 13.3. The Labute approximate surface area is 103 Å². The summed E-state index contributed by atoms with van der Waals surface area (Å²) in [5.74, 6) is -0.658. The maximum atomic E-state index is 11.9. The number of hydrogen-bond acceptors (Lipinski definition) is 4. The van der Waals surface area contributed by atoms with E-state index in [0.717, 1.165) is 5.56 Å². The van der Waals surface area contributed by atoms with Gasteiger partial charge in [-0.2, -0.15) is 0 Å². The molecule has 1 aromatic heterocycles. The third-order valence-electron chi connectivity index (χ3n) is 2.95. The van der Waals surface area contributed by atoms with Gasteiger partial charge in [0, 0.05) is 7.05 Å². The summed E-state index contributed by atoms with van der Waals surface area (Å²) in [4.78, 5) is 25.6. The van der Waals surface area contributed by atoms with Crippen molar-refractivity contribution in [3.8, 4) is 0 Å². The molecule has 0 aliphatic carbocycles. The van der Waals surface area contributed by atoms with Gasteiger partial charge in [-0.05, 0) is 31.5 Å². The fourth-order valence-corrected chi connectivity index (χ4v) is 1.74. The van der Waals surface area contributed by atoms with Crippen LogP contribution < -0.4 is 16.6 Å². The quantitative estimate of drug-likeness (QED) is 0.697. The van der Waals surface area contributed by atoms with Crippen molar-refractivity contribution in [2.45, 2.75) is 19.3 Å². The molecule has 1 amide bonds. The summed E-state index contributed by atoms with van der Waals surface area (Å²) in [6, 6.07) is 5.20. The molecule has 6 nitrogen and oxygen atoms in total. The first-order chi connectivity index (χ1) is 8.45. The number of benzene rings is 1. The van der Waals surface area contributed by atoms with Crippen LogP contribution in [0.3, 0.4) is 0 Å². The van der Waals surface area contributed by atoms with E-state index in [0.29, 0.717) is 11.1 Å². The second-order valence-electron chi connectivity index (χ2n) is 4.55. The predicted octanol–water partition coefficient (Wildman–Crippen LogP) is 0.649. The average Bonchev–Trinajstić information content (AvgIpc) is 2.68. The normalized spacial score (nSPS) is 11.7. The number of nitrogens with one attached hydrogen (secondary N) is 3. The molecule has 2 aromatic rings. The van der Waals surface area contributed by atoms with E-state index in [1.54, 1.807) is 39.1 Å². The molecule has 0 radical (unpaired) electrons. The van der Waals surface area contributed by atoms with Crippen molar-refractivity contribution in [2.75, 3.05) is 7.05 Å². The van der Waals surface area contributed by atoms with E-state index in [1.165, 1.54) is 0 Å². The summed E-state index contributed by atoms with van der Waals surface area (Å²) in [7, 11) is 1.63. The number of rotatable bonds is 3. The van der Waals surface area contributed by atoms with Gasteiger partial charge in [0.25, 0.3) is 0 Å². The summed E-state index contributed by atoms with van der Waals surface area (Å²) in [6.45, 7) is 3.61. The zero-order valence-electron chi connectivity index (χ0n) is 10.5. The number of oxazole rings is 1. The number of hydrogen-bond donors (Lipinski definition) is 3. The summed E-state index contributed by atoms with van der Waals surface area (Å²) < 4.78 is 4.92. The third-order valence-corrected chi connectivity index (χ3v) is 2.95. The Kier molecular flexibility index (Phi) is 2.96. The summed E-state index contributed by atoms with van der Waals surface area (Å²) in [6.07, 6.45) is 0. The Balaban J connectivity index is 2.46. The largest absolute Gasteiger partial charge is 0.417 e. The van der Waals surface area contributed by atoms with E-state index in [1.807, 2.05) is 0 Å². The van der Waals surface area contributed by atoms with E-state index in [-0.39, 0.29) is 5.91 Å². The van der Waals surface area contributed by atoms with Gasteiger partial charge in [-0.3, -0.25) is 15.2 Å². The Morgan fingerprint density at radius 2 is 2.11 bits per heavy atom. The molecule has 0 unspecified atom stereocenters. The number of H-pyrrole nitrogens is 1. The molecule has 1 heterocycles. The first-order valence-corrected chi connectivity index (χ1v) is 5.55. The van der Waals surface area contributed by atoms with Gasteiger partial charge >= 0.3 is 5.76 Å². The van der Waals surface area contributed by atoms with E-state index >= 15 is 0 Å². The summed E-state index contributed by atoms with van der Waals surface area (Å²) in [5.41, 5.74) is 6.30. The average molecular weight is 249 g/mol. The van der Waals surface area contributed by atoms with Gasteiger partial charge in [-0.1, -0.05) is 6.07 Å². The lowest BCUT2D eigenvalue weighted by atomic mass is 9.84. The van der Waals surface area contributed by atoms with Crippen LogP contribution in [0.4, 0.5) is 0 Å². The van der Waals surface area contributed by atoms with Gasteiger partial charge in [0.1, 0.15) is 0 Å². The Hall–Kier alpha value is -2.08. The topological polar surface area (TPSA) is 87.1 Å². The molecule has 0 saturated heterocycles. The summed E-state index contributed by atoms with van der Waals surface area (Å²) in [5, 5.41) is 0. The molecule has 6 heteroatoms. The number of aromatic amines is 1. The van der Waals surface area contributed by atoms with E-state index in [4.69, 9.17) is 4.42 Å². The molecule has 0 bridgehead atoms. The Morgan fingerprint density at radius 3 is 2.78 bits per heavy atom. The van der Waals surface area contributed by atoms with Crippen LogP contribution in [0.2, 0.25) is 0 Å². The lowest BCUT2D eigenvalue weighted by molar-refractivity contribution is -0.126. The van der Waals surface area contributed by atoms with Gasteiger partial charge in [0.2, 0.25) is 5.91 Å². The fourth-order valence-electron chi connectivity index (χ4n) is 1.74. The number of carbonyl (C=O) groups excluding carboxylic acids is 1. The lowest BCUT2D eigenvalue weighted by Gasteiger charge is -2.23. The number of hydrazine groups is 1. The molecular formula is C12H15N3O3. The van der Waals surface area contributed by atoms with E-state index < -0.39 is 11.2 Å². The van der Waals surface area contributed by atoms with Crippen molar-refractivity contribution in [3.05, 3.63) is 34.3 Å². The maximum absolute atomic E-state index is 11.9. The number of fused-ring (bicyclic) bond motifs is 1. The first kappa shape index (κ1) is 12.4. The van der Waals surface area contributed by atoms with Crippen LogP contribution in [0.25, 0.3) is 11.1 Å². The molecule has 3 N–H and O–H groups in total. The smallest absolute Gasteiger partial charge is 0.408 e. The van der Waals surface area contributed by atoms with Crippen LogP contribution in [0.5, 0.6) is 0 Å². The highest BCUT2D eigenvalue weighted by Gasteiger charge is 2.29. The van der Waals surface area contributed by atoms with Gasteiger partial charge in [0.15, 0.2) is 5.58 Å². The van der Waals surface area contributed by atoms with Crippen molar-refractivity contribution in [2.24, 2.45) is 0 Å². The van der Waals surface area contributed by atoms with Crippen molar-refractivity contribution in [1.29, 1.82) is 0 Å². The SMILES string of the molecule is CNNC(=O)C(C)(C)c1ccc2oc(=O)[nH]c2c1. The van der Waals surface area contributed by atoms with Gasteiger partial charge in [-0.25, -0.2) is 10.2 Å². The van der Waals surface area contributed by atoms with Crippen molar-refractivity contribution < 1.29 is 9.21 Å². The Morgan fingerprint density at radius 1 is 1.39 bits per heavy atom. The second-order valence-corrected chi connectivity index (χ2v) is 4.55. The molecular weight excluding hydrogens is 234 g/mol. The highest BCUT2D eigenvalue weighted by Crippen LogP contribution is 2.25. The van der Waals surface area contributed by atoms with E-state index in [2.05, 4.69) is 15.8 Å². The van der Waals surface area contributed by atoms with Crippen LogP contribution >= 0.6 is 0 Å². The van der Waals surface area contributed by atoms with Crippen LogP contribution in [0.15, 0.2) is 27.4 Å². The number of carbonyl (C=O) groups is 1. The minimum absolute atomic E-state index is 0.157. The molecule has 0 spiro atoms. The minimum atomic E-state index is -0.717. The molecule has 2 rings (SSSR count). The standard InChI is InChI=1S/C12H15N3O3/c1-12(2,10(16)15-13-3)7-4-5-9-8(6-7)14-11(17)18-9/h4-6,13H,1-3H3,(H,14,17)(H,15,16). The predicted molar refractivity (Wildman–Crippen MR) is 67.1 cm³/mol.